The second kappa shape index (κ2) is 8.92. The number of rotatable bonds is 8. The summed E-state index contributed by atoms with van der Waals surface area (Å²) in [7, 11) is 0. The highest BCUT2D eigenvalue weighted by molar-refractivity contribution is 7.99. The van der Waals surface area contributed by atoms with Gasteiger partial charge in [0.25, 0.3) is 5.56 Å². The van der Waals surface area contributed by atoms with E-state index in [9.17, 15) is 4.79 Å². The van der Waals surface area contributed by atoms with Crippen molar-refractivity contribution >= 4 is 28.4 Å². The van der Waals surface area contributed by atoms with Gasteiger partial charge in [0.05, 0.1) is 17.5 Å². The first-order valence-electron chi connectivity index (χ1n) is 10.3. The van der Waals surface area contributed by atoms with Gasteiger partial charge in [0.1, 0.15) is 5.75 Å². The molecule has 0 unspecified atom stereocenters. The third kappa shape index (κ3) is 3.94. The average Bonchev–Trinajstić information content (AvgIpc) is 3.17. The molecule has 0 aliphatic rings. The predicted molar refractivity (Wildman–Crippen MR) is 122 cm³/mol. The van der Waals surface area contributed by atoms with Gasteiger partial charge < -0.3 is 4.74 Å². The molecule has 0 amide bonds. The Bertz CT molecular complexity index is 1250. The SMILES string of the molecule is CCCn1c(=O)c2ccccc2n2c(SCCCOc3cc(C)ccc3C)nnc12. The molecule has 0 N–H and O–H groups in total. The molecule has 0 aliphatic carbocycles. The summed E-state index contributed by atoms with van der Waals surface area (Å²) in [5, 5.41) is 10.2. The van der Waals surface area contributed by atoms with Gasteiger partial charge in [0, 0.05) is 12.3 Å². The molecule has 2 aromatic heterocycles. The van der Waals surface area contributed by atoms with Crippen molar-refractivity contribution < 1.29 is 4.74 Å². The molecule has 0 atom stereocenters. The van der Waals surface area contributed by atoms with Crippen LogP contribution in [0.3, 0.4) is 0 Å². The molecule has 4 rings (SSSR count). The summed E-state index contributed by atoms with van der Waals surface area (Å²) in [4.78, 5) is 12.9. The lowest BCUT2D eigenvalue weighted by Gasteiger charge is -2.11. The van der Waals surface area contributed by atoms with Crippen LogP contribution < -0.4 is 10.3 Å². The molecular weight excluding hydrogens is 396 g/mol. The zero-order valence-corrected chi connectivity index (χ0v) is 18.4. The fourth-order valence-corrected chi connectivity index (χ4v) is 4.37. The van der Waals surface area contributed by atoms with E-state index in [1.165, 1.54) is 5.56 Å². The van der Waals surface area contributed by atoms with Crippen LogP contribution in [-0.4, -0.2) is 31.5 Å². The topological polar surface area (TPSA) is 61.4 Å². The molecular formula is C23H26N4O2S. The van der Waals surface area contributed by atoms with Crippen LogP contribution in [0, 0.1) is 13.8 Å². The largest absolute Gasteiger partial charge is 0.493 e. The molecule has 30 heavy (non-hydrogen) atoms. The maximum atomic E-state index is 12.9. The Labute approximate surface area is 179 Å². The van der Waals surface area contributed by atoms with Crippen LogP contribution in [0.5, 0.6) is 5.75 Å². The minimum Gasteiger partial charge on any atom is -0.493 e. The molecule has 0 fully saturated rings. The molecule has 2 heterocycles. The number of thioether (sulfide) groups is 1. The van der Waals surface area contributed by atoms with Gasteiger partial charge >= 0.3 is 0 Å². The Kier molecular flexibility index (Phi) is 6.08. The molecule has 0 aliphatic heterocycles. The number of hydrogen-bond donors (Lipinski definition) is 0. The first-order chi connectivity index (χ1) is 14.6. The van der Waals surface area contributed by atoms with E-state index < -0.39 is 0 Å². The summed E-state index contributed by atoms with van der Waals surface area (Å²) < 4.78 is 9.69. The van der Waals surface area contributed by atoms with Crippen molar-refractivity contribution in [2.24, 2.45) is 0 Å². The standard InChI is InChI=1S/C23H26N4O2S/c1-4-12-26-21(28)18-8-5-6-9-19(18)27-22(26)24-25-23(27)30-14-7-13-29-20-15-16(2)10-11-17(20)3/h5-6,8-11,15H,4,7,12-14H2,1-3H3. The van der Waals surface area contributed by atoms with Gasteiger partial charge in [-0.25, -0.2) is 0 Å². The van der Waals surface area contributed by atoms with Crippen molar-refractivity contribution in [2.45, 2.75) is 45.3 Å². The Hall–Kier alpha value is -2.80. The van der Waals surface area contributed by atoms with Crippen molar-refractivity contribution in [2.75, 3.05) is 12.4 Å². The zero-order valence-electron chi connectivity index (χ0n) is 17.6. The fourth-order valence-electron chi connectivity index (χ4n) is 3.52. The van der Waals surface area contributed by atoms with Crippen LogP contribution in [0.25, 0.3) is 16.7 Å². The number of ether oxygens (including phenoxy) is 1. The normalized spacial score (nSPS) is 11.4. The Balaban J connectivity index is 1.52. The van der Waals surface area contributed by atoms with Gasteiger partial charge in [-0.1, -0.05) is 43.0 Å². The summed E-state index contributed by atoms with van der Waals surface area (Å²) in [6, 6.07) is 13.9. The lowest BCUT2D eigenvalue weighted by Crippen LogP contribution is -2.23. The summed E-state index contributed by atoms with van der Waals surface area (Å²) >= 11 is 1.64. The lowest BCUT2D eigenvalue weighted by molar-refractivity contribution is 0.316. The van der Waals surface area contributed by atoms with Gasteiger partial charge in [0.2, 0.25) is 5.78 Å². The van der Waals surface area contributed by atoms with Gasteiger partial charge in [-0.3, -0.25) is 13.8 Å². The van der Waals surface area contributed by atoms with E-state index in [0.29, 0.717) is 24.3 Å². The van der Waals surface area contributed by atoms with Crippen molar-refractivity contribution in [1.29, 1.82) is 0 Å². The molecule has 0 bridgehead atoms. The van der Waals surface area contributed by atoms with Crippen molar-refractivity contribution in [3.05, 3.63) is 63.9 Å². The van der Waals surface area contributed by atoms with Crippen LogP contribution >= 0.6 is 11.8 Å². The summed E-state index contributed by atoms with van der Waals surface area (Å²) in [5.41, 5.74) is 3.19. The van der Waals surface area contributed by atoms with Crippen LogP contribution in [-0.2, 0) is 6.54 Å². The van der Waals surface area contributed by atoms with E-state index in [1.54, 1.807) is 16.3 Å². The molecule has 0 saturated carbocycles. The van der Waals surface area contributed by atoms with Crippen molar-refractivity contribution in [3.63, 3.8) is 0 Å². The highest BCUT2D eigenvalue weighted by Gasteiger charge is 2.16. The number of hydrogen-bond acceptors (Lipinski definition) is 5. The van der Waals surface area contributed by atoms with E-state index in [4.69, 9.17) is 4.74 Å². The van der Waals surface area contributed by atoms with Gasteiger partial charge in [0.15, 0.2) is 5.16 Å². The van der Waals surface area contributed by atoms with E-state index >= 15 is 0 Å². The molecule has 6 nitrogen and oxygen atoms in total. The van der Waals surface area contributed by atoms with Crippen molar-refractivity contribution in [1.82, 2.24) is 19.2 Å². The van der Waals surface area contributed by atoms with Crippen LogP contribution in [0.2, 0.25) is 0 Å². The lowest BCUT2D eigenvalue weighted by atomic mass is 10.1. The third-order valence-corrected chi connectivity index (χ3v) is 6.06. The van der Waals surface area contributed by atoms with Crippen molar-refractivity contribution in [3.8, 4) is 5.75 Å². The zero-order chi connectivity index (χ0) is 21.1. The fraction of sp³-hybridized carbons (Fsp3) is 0.348. The predicted octanol–water partition coefficient (Wildman–Crippen LogP) is 4.63. The minimum absolute atomic E-state index is 0.00850. The van der Waals surface area contributed by atoms with Gasteiger partial charge in [-0.15, -0.1) is 10.2 Å². The Morgan fingerprint density at radius 2 is 1.93 bits per heavy atom. The second-order valence-corrected chi connectivity index (χ2v) is 8.47. The maximum Gasteiger partial charge on any atom is 0.262 e. The molecule has 7 heteroatoms. The summed E-state index contributed by atoms with van der Waals surface area (Å²) in [6.45, 7) is 7.46. The second-order valence-electron chi connectivity index (χ2n) is 7.41. The average molecular weight is 423 g/mol. The van der Waals surface area contributed by atoms with E-state index in [-0.39, 0.29) is 5.56 Å². The highest BCUT2D eigenvalue weighted by atomic mass is 32.2. The maximum absolute atomic E-state index is 12.9. The number of para-hydroxylation sites is 1. The molecule has 0 saturated heterocycles. The van der Waals surface area contributed by atoms with Crippen LogP contribution in [0.1, 0.15) is 30.9 Å². The molecule has 2 aromatic carbocycles. The van der Waals surface area contributed by atoms with E-state index in [0.717, 1.165) is 40.6 Å². The molecule has 4 aromatic rings. The molecule has 0 spiro atoms. The smallest absolute Gasteiger partial charge is 0.262 e. The monoisotopic (exact) mass is 422 g/mol. The van der Waals surface area contributed by atoms with Gasteiger partial charge in [-0.2, -0.15) is 0 Å². The van der Waals surface area contributed by atoms with Crippen LogP contribution in [0.4, 0.5) is 0 Å². The van der Waals surface area contributed by atoms with Gasteiger partial charge in [-0.05, 0) is 56.0 Å². The Morgan fingerprint density at radius 1 is 1.10 bits per heavy atom. The molecule has 156 valence electrons. The number of benzene rings is 2. The quantitative estimate of drug-likeness (QED) is 0.306. The highest BCUT2D eigenvalue weighted by Crippen LogP contribution is 2.23. The molecule has 0 radical (unpaired) electrons. The minimum atomic E-state index is -0.00850. The number of nitrogens with zero attached hydrogens (tertiary/aromatic N) is 4. The first-order valence-corrected chi connectivity index (χ1v) is 11.3. The number of aromatic nitrogens is 4. The Morgan fingerprint density at radius 3 is 2.77 bits per heavy atom. The van der Waals surface area contributed by atoms with E-state index in [1.807, 2.05) is 28.7 Å². The number of fused-ring (bicyclic) bond motifs is 3. The van der Waals surface area contributed by atoms with E-state index in [2.05, 4.69) is 49.2 Å². The number of aryl methyl sites for hydroxylation is 3. The third-order valence-electron chi connectivity index (χ3n) is 5.05. The first kappa shape index (κ1) is 20.5. The van der Waals surface area contributed by atoms with Crippen LogP contribution in [0.15, 0.2) is 52.4 Å². The summed E-state index contributed by atoms with van der Waals surface area (Å²) in [6.07, 6.45) is 1.75. The summed E-state index contributed by atoms with van der Waals surface area (Å²) in [5.74, 6) is 2.41.